The Hall–Kier alpha value is -1.62. The molecule has 3 heterocycles. The molecule has 4 rings (SSSR count). The lowest BCUT2D eigenvalue weighted by atomic mass is 9.73. The summed E-state index contributed by atoms with van der Waals surface area (Å²) in [6.07, 6.45) is 1.05. The number of carboxylic acid groups (broad SMARTS) is 1. The molecule has 0 radical (unpaired) electrons. The van der Waals surface area contributed by atoms with Crippen molar-refractivity contribution in [2.75, 3.05) is 13.1 Å². The van der Waals surface area contributed by atoms with Gasteiger partial charge in [-0.15, -0.1) is 0 Å². The number of nitrogens with zero attached hydrogens (tertiary/aromatic N) is 1. The topological polar surface area (TPSA) is 52.6 Å². The minimum absolute atomic E-state index is 0.0329. The lowest BCUT2D eigenvalue weighted by Crippen LogP contribution is -2.64. The average Bonchev–Trinajstić information content (AvgIpc) is 2.47. The largest absolute Gasteiger partial charge is 0.465 e. The number of nitrogens with one attached hydrogen (secondary N) is 1. The molecule has 0 spiro atoms. The van der Waals surface area contributed by atoms with Crippen molar-refractivity contribution in [2.45, 2.75) is 37.8 Å². The fourth-order valence-electron chi connectivity index (χ4n) is 4.08. The molecule has 3 unspecified atom stereocenters. The second-order valence-corrected chi connectivity index (χ2v) is 6.15. The lowest BCUT2D eigenvalue weighted by molar-refractivity contribution is 0.00345. The summed E-state index contributed by atoms with van der Waals surface area (Å²) < 4.78 is 14.1. The lowest BCUT2D eigenvalue weighted by Gasteiger charge is -2.53. The van der Waals surface area contributed by atoms with E-state index in [-0.39, 0.29) is 23.8 Å². The summed E-state index contributed by atoms with van der Waals surface area (Å²) in [5.74, 6) is 0.123. The van der Waals surface area contributed by atoms with E-state index in [1.807, 2.05) is 13.0 Å². The molecule has 4 nitrogen and oxygen atoms in total. The van der Waals surface area contributed by atoms with Crippen LogP contribution in [0.2, 0.25) is 0 Å². The van der Waals surface area contributed by atoms with Crippen LogP contribution in [0.25, 0.3) is 0 Å². The maximum Gasteiger partial charge on any atom is 0.404 e. The zero-order valence-corrected chi connectivity index (χ0v) is 12.1. The summed E-state index contributed by atoms with van der Waals surface area (Å²) in [6, 6.07) is 6.73. The van der Waals surface area contributed by atoms with Gasteiger partial charge in [0, 0.05) is 12.0 Å². The zero-order valence-electron chi connectivity index (χ0n) is 12.1. The van der Waals surface area contributed by atoms with Gasteiger partial charge in [0.1, 0.15) is 5.82 Å². The predicted molar refractivity (Wildman–Crippen MR) is 77.8 cm³/mol. The molecule has 114 valence electrons. The Balaban J connectivity index is 1.90. The number of fused-ring (bicyclic) bond motifs is 3. The molecule has 3 fully saturated rings. The van der Waals surface area contributed by atoms with Crippen LogP contribution in [-0.2, 0) is 0 Å². The van der Waals surface area contributed by atoms with Crippen molar-refractivity contribution < 1.29 is 14.3 Å². The molecular formula is C16H21FN2O2. The van der Waals surface area contributed by atoms with Gasteiger partial charge >= 0.3 is 6.09 Å². The second-order valence-electron chi connectivity index (χ2n) is 6.15. The fraction of sp³-hybridized carbons (Fsp3) is 0.562. The first-order chi connectivity index (χ1) is 10.1. The monoisotopic (exact) mass is 292 g/mol. The van der Waals surface area contributed by atoms with Crippen LogP contribution in [0.3, 0.4) is 0 Å². The molecule has 3 aliphatic heterocycles. The molecule has 21 heavy (non-hydrogen) atoms. The van der Waals surface area contributed by atoms with Crippen LogP contribution in [0.15, 0.2) is 24.3 Å². The van der Waals surface area contributed by atoms with E-state index < -0.39 is 6.09 Å². The van der Waals surface area contributed by atoms with Crippen LogP contribution in [0, 0.1) is 11.7 Å². The van der Waals surface area contributed by atoms with Crippen LogP contribution < -0.4 is 5.32 Å². The predicted octanol–water partition coefficient (Wildman–Crippen LogP) is 2.66. The molecule has 0 saturated carbocycles. The standard InChI is InChI=1S/C16H21FN2O2/c1-10(12-4-2-3-5-13(12)17)15-14(18-16(20)21)11-6-8-19(15)9-7-11/h2-5,10-11,14-15,18H,6-9H2,1H3,(H,20,21). The van der Waals surface area contributed by atoms with Crippen LogP contribution in [0.5, 0.6) is 0 Å². The normalized spacial score (nSPS) is 32.7. The Kier molecular flexibility index (Phi) is 3.85. The highest BCUT2D eigenvalue weighted by Gasteiger charge is 2.45. The number of amides is 1. The second kappa shape index (κ2) is 5.64. The Bertz CT molecular complexity index is 529. The van der Waals surface area contributed by atoms with Crippen LogP contribution >= 0.6 is 0 Å². The highest BCUT2D eigenvalue weighted by molar-refractivity contribution is 5.65. The van der Waals surface area contributed by atoms with Gasteiger partial charge < -0.3 is 10.4 Å². The quantitative estimate of drug-likeness (QED) is 0.900. The molecule has 0 aliphatic carbocycles. The van der Waals surface area contributed by atoms with E-state index in [9.17, 15) is 9.18 Å². The maximum absolute atomic E-state index is 14.1. The van der Waals surface area contributed by atoms with Gasteiger partial charge in [0.05, 0.1) is 6.04 Å². The van der Waals surface area contributed by atoms with E-state index in [0.717, 1.165) is 25.9 Å². The summed E-state index contributed by atoms with van der Waals surface area (Å²) in [6.45, 7) is 3.96. The molecule has 1 aromatic carbocycles. The number of rotatable bonds is 3. The number of benzene rings is 1. The molecule has 3 aliphatic rings. The number of halogens is 1. The van der Waals surface area contributed by atoms with Crippen molar-refractivity contribution in [2.24, 2.45) is 5.92 Å². The minimum Gasteiger partial charge on any atom is -0.465 e. The van der Waals surface area contributed by atoms with Crippen molar-refractivity contribution in [3.8, 4) is 0 Å². The van der Waals surface area contributed by atoms with E-state index in [0.29, 0.717) is 11.5 Å². The molecule has 3 saturated heterocycles. The van der Waals surface area contributed by atoms with Crippen LogP contribution in [0.1, 0.15) is 31.2 Å². The first-order valence-electron chi connectivity index (χ1n) is 7.56. The maximum atomic E-state index is 14.1. The van der Waals surface area contributed by atoms with Gasteiger partial charge in [0.2, 0.25) is 0 Å². The van der Waals surface area contributed by atoms with Crippen LogP contribution in [-0.4, -0.2) is 41.3 Å². The molecule has 2 bridgehead atoms. The average molecular weight is 292 g/mol. The van der Waals surface area contributed by atoms with E-state index in [2.05, 4.69) is 10.2 Å². The van der Waals surface area contributed by atoms with E-state index in [4.69, 9.17) is 5.11 Å². The summed E-state index contributed by atoms with van der Waals surface area (Å²) in [7, 11) is 0. The van der Waals surface area contributed by atoms with Gasteiger partial charge in [-0.3, -0.25) is 4.90 Å². The van der Waals surface area contributed by atoms with Crippen molar-refractivity contribution in [1.29, 1.82) is 0 Å². The van der Waals surface area contributed by atoms with E-state index >= 15 is 0 Å². The number of hydrogen-bond acceptors (Lipinski definition) is 2. The highest BCUT2D eigenvalue weighted by atomic mass is 19.1. The number of piperidine rings is 3. The molecule has 1 amide bonds. The third-order valence-electron chi connectivity index (χ3n) is 5.07. The van der Waals surface area contributed by atoms with Gasteiger partial charge in [-0.25, -0.2) is 9.18 Å². The Morgan fingerprint density at radius 1 is 1.38 bits per heavy atom. The molecule has 1 aromatic rings. The smallest absolute Gasteiger partial charge is 0.404 e. The van der Waals surface area contributed by atoms with E-state index in [1.54, 1.807) is 12.1 Å². The third kappa shape index (κ3) is 2.62. The number of carbonyl (C=O) groups is 1. The zero-order chi connectivity index (χ0) is 15.0. The third-order valence-corrected chi connectivity index (χ3v) is 5.07. The Morgan fingerprint density at radius 3 is 2.67 bits per heavy atom. The molecular weight excluding hydrogens is 271 g/mol. The summed E-state index contributed by atoms with van der Waals surface area (Å²) in [5, 5.41) is 11.8. The van der Waals surface area contributed by atoms with Crippen molar-refractivity contribution in [1.82, 2.24) is 10.2 Å². The SMILES string of the molecule is CC(c1ccccc1F)C1C(NC(=O)O)C2CCN1CC2. The van der Waals surface area contributed by atoms with Crippen LogP contribution in [0.4, 0.5) is 9.18 Å². The summed E-state index contributed by atoms with van der Waals surface area (Å²) in [5.41, 5.74) is 0.673. The minimum atomic E-state index is -0.987. The van der Waals surface area contributed by atoms with Crippen molar-refractivity contribution in [3.05, 3.63) is 35.6 Å². The first-order valence-corrected chi connectivity index (χ1v) is 7.56. The Labute approximate surface area is 124 Å². The molecule has 5 heteroatoms. The summed E-state index contributed by atoms with van der Waals surface area (Å²) >= 11 is 0. The highest BCUT2D eigenvalue weighted by Crippen LogP contribution is 2.39. The fourth-order valence-corrected chi connectivity index (χ4v) is 4.08. The van der Waals surface area contributed by atoms with Gasteiger partial charge in [0.15, 0.2) is 0 Å². The van der Waals surface area contributed by atoms with Gasteiger partial charge in [0.25, 0.3) is 0 Å². The first kappa shape index (κ1) is 14.3. The molecule has 0 aromatic heterocycles. The van der Waals surface area contributed by atoms with Crippen molar-refractivity contribution in [3.63, 3.8) is 0 Å². The van der Waals surface area contributed by atoms with Gasteiger partial charge in [-0.05, 0) is 43.5 Å². The van der Waals surface area contributed by atoms with Gasteiger partial charge in [-0.2, -0.15) is 0 Å². The van der Waals surface area contributed by atoms with Gasteiger partial charge in [-0.1, -0.05) is 25.1 Å². The Morgan fingerprint density at radius 2 is 2.05 bits per heavy atom. The van der Waals surface area contributed by atoms with E-state index in [1.165, 1.54) is 6.07 Å². The summed E-state index contributed by atoms with van der Waals surface area (Å²) in [4.78, 5) is 13.4. The molecule has 3 atom stereocenters. The number of hydrogen-bond donors (Lipinski definition) is 2. The van der Waals surface area contributed by atoms with Crippen molar-refractivity contribution >= 4 is 6.09 Å². The molecule has 2 N–H and O–H groups in total.